The molecular weight excluding hydrogens is 809 g/mol. The molecular formula is C48H56N12O4. The van der Waals surface area contributed by atoms with Crippen LogP contribution in [0.4, 0.5) is 21.9 Å². The Morgan fingerprint density at radius 2 is 1.56 bits per heavy atom. The van der Waals surface area contributed by atoms with Gasteiger partial charge in [0.05, 0.1) is 6.04 Å². The number of rotatable bonds is 10. The number of amides is 4. The molecule has 16 heteroatoms. The number of imidazole rings is 1. The number of nitrogens with zero attached hydrogens (tertiary/aromatic N) is 9. The summed E-state index contributed by atoms with van der Waals surface area (Å²) in [6.07, 6.45) is 4.19. The predicted octanol–water partition coefficient (Wildman–Crippen LogP) is 6.96. The third kappa shape index (κ3) is 8.91. The molecule has 16 nitrogen and oxygen atoms in total. The van der Waals surface area contributed by atoms with Gasteiger partial charge in [-0.15, -0.1) is 0 Å². The van der Waals surface area contributed by atoms with Gasteiger partial charge in [-0.25, -0.2) is 19.7 Å². The van der Waals surface area contributed by atoms with Crippen molar-refractivity contribution < 1.29 is 18.9 Å². The molecule has 3 N–H and O–H groups in total. The van der Waals surface area contributed by atoms with Crippen molar-refractivity contribution in [3.05, 3.63) is 95.4 Å². The van der Waals surface area contributed by atoms with Gasteiger partial charge in [-0.1, -0.05) is 38.1 Å². The first-order valence-corrected chi connectivity index (χ1v) is 22.3. The Balaban J connectivity index is 0.771. The summed E-state index contributed by atoms with van der Waals surface area (Å²) >= 11 is 0. The Morgan fingerprint density at radius 1 is 0.844 bits per heavy atom. The fourth-order valence-corrected chi connectivity index (χ4v) is 9.13. The smallest absolute Gasteiger partial charge is 0.328 e. The second-order valence-corrected chi connectivity index (χ2v) is 18.4. The van der Waals surface area contributed by atoms with E-state index in [0.29, 0.717) is 35.9 Å². The highest BCUT2D eigenvalue weighted by molar-refractivity contribution is 6.06. The van der Waals surface area contributed by atoms with E-state index < -0.39 is 5.91 Å². The van der Waals surface area contributed by atoms with Crippen molar-refractivity contribution in [3.63, 3.8) is 0 Å². The standard InChI is InChI=1S/C48H56N12O4/c1-29-25-34(9-13-37(29)31(3)51-45(62)44-55-46(64-56-44)48(4,5)6)40-41-43(50-28-49-40)54-42(53-41)33-7-10-35(11-8-33)59-23-21-57(22-24-59)27-32-15-18-58(19-16-32)36-12-14-38(30(2)26-36)60-20-17-39(61)52-47(60)63/h7-14,25-26,28,31-32H,15-24,27H2,1-6H3,(H,51,62)(H,52,61,63)(H,49,50,53,54). The number of nitrogens with one attached hydrogen (secondary N) is 3. The summed E-state index contributed by atoms with van der Waals surface area (Å²) < 4.78 is 5.31. The minimum Gasteiger partial charge on any atom is -0.372 e. The first kappa shape index (κ1) is 42.6. The number of aryl methyl sites for hydroxylation is 2. The van der Waals surface area contributed by atoms with Crippen molar-refractivity contribution in [2.75, 3.05) is 67.1 Å². The number of aromatic nitrogens is 6. The first-order valence-electron chi connectivity index (χ1n) is 22.3. The van der Waals surface area contributed by atoms with Gasteiger partial charge in [0, 0.05) is 92.4 Å². The number of hydrogen-bond acceptors (Lipinski definition) is 12. The Morgan fingerprint density at radius 3 is 2.25 bits per heavy atom. The van der Waals surface area contributed by atoms with Gasteiger partial charge in [-0.3, -0.25) is 24.7 Å². The normalized spacial score (nSPS) is 17.2. The molecule has 0 saturated carbocycles. The predicted molar refractivity (Wildman–Crippen MR) is 246 cm³/mol. The summed E-state index contributed by atoms with van der Waals surface area (Å²) in [6.45, 7) is 19.5. The third-order valence-electron chi connectivity index (χ3n) is 12.8. The fraction of sp³-hybridized carbons (Fsp3) is 0.417. The molecule has 4 amide bonds. The van der Waals surface area contributed by atoms with Crippen LogP contribution in [-0.4, -0.2) is 105 Å². The number of fused-ring (bicyclic) bond motifs is 1. The summed E-state index contributed by atoms with van der Waals surface area (Å²) in [5.74, 6) is 1.22. The van der Waals surface area contributed by atoms with E-state index in [1.807, 2.05) is 59.7 Å². The van der Waals surface area contributed by atoms with Gasteiger partial charge in [-0.2, -0.15) is 4.98 Å². The molecule has 6 heterocycles. The zero-order valence-electron chi connectivity index (χ0n) is 37.4. The minimum atomic E-state index is -0.392. The molecule has 0 radical (unpaired) electrons. The van der Waals surface area contributed by atoms with Crippen molar-refractivity contribution in [2.24, 2.45) is 5.92 Å². The number of urea groups is 1. The zero-order valence-corrected chi connectivity index (χ0v) is 37.4. The second-order valence-electron chi connectivity index (χ2n) is 18.4. The Labute approximate surface area is 372 Å². The van der Waals surface area contributed by atoms with Crippen molar-refractivity contribution in [2.45, 2.75) is 72.3 Å². The van der Waals surface area contributed by atoms with Crippen LogP contribution < -0.4 is 25.3 Å². The lowest BCUT2D eigenvalue weighted by Gasteiger charge is -2.40. The van der Waals surface area contributed by atoms with Crippen LogP contribution >= 0.6 is 0 Å². The van der Waals surface area contributed by atoms with E-state index >= 15 is 0 Å². The van der Waals surface area contributed by atoms with Crippen molar-refractivity contribution in [3.8, 4) is 22.6 Å². The average molecular weight is 865 g/mol. The number of piperidine rings is 1. The Bertz CT molecular complexity index is 2690. The lowest BCUT2D eigenvalue weighted by atomic mass is 9.95. The molecule has 1 unspecified atom stereocenters. The molecule has 9 rings (SSSR count). The molecule has 0 spiro atoms. The van der Waals surface area contributed by atoms with E-state index in [9.17, 15) is 14.4 Å². The summed E-state index contributed by atoms with van der Waals surface area (Å²) in [5, 5.41) is 9.31. The molecule has 1 atom stereocenters. The van der Waals surface area contributed by atoms with Gasteiger partial charge in [0.2, 0.25) is 11.8 Å². The monoisotopic (exact) mass is 864 g/mol. The van der Waals surface area contributed by atoms with Crippen LogP contribution in [0.3, 0.4) is 0 Å². The molecule has 332 valence electrons. The number of anilines is 3. The number of H-pyrrole nitrogens is 1. The number of carbonyl (C=O) groups is 3. The van der Waals surface area contributed by atoms with Crippen molar-refractivity contribution in [1.82, 2.24) is 45.6 Å². The molecule has 3 aliphatic rings. The minimum absolute atomic E-state index is 0.0158. The summed E-state index contributed by atoms with van der Waals surface area (Å²) in [4.78, 5) is 68.0. The summed E-state index contributed by atoms with van der Waals surface area (Å²) in [7, 11) is 0. The molecule has 0 bridgehead atoms. The Hall–Kier alpha value is -6.68. The lowest BCUT2D eigenvalue weighted by molar-refractivity contribution is -0.120. The van der Waals surface area contributed by atoms with Crippen molar-refractivity contribution >= 4 is 46.1 Å². The molecule has 3 aliphatic heterocycles. The first-order chi connectivity index (χ1) is 30.8. The maximum Gasteiger partial charge on any atom is 0.328 e. The van der Waals surface area contributed by atoms with Gasteiger partial charge in [0.15, 0.2) is 5.65 Å². The maximum atomic E-state index is 13.0. The van der Waals surface area contributed by atoms with Gasteiger partial charge >= 0.3 is 6.03 Å². The van der Waals surface area contributed by atoms with Crippen LogP contribution in [0.25, 0.3) is 33.8 Å². The highest BCUT2D eigenvalue weighted by Crippen LogP contribution is 2.33. The molecule has 64 heavy (non-hydrogen) atoms. The molecule has 3 fully saturated rings. The van der Waals surface area contributed by atoms with Gasteiger partial charge in [-0.05, 0) is 105 Å². The number of hydrogen-bond donors (Lipinski definition) is 3. The van der Waals surface area contributed by atoms with Crippen LogP contribution in [0.1, 0.15) is 86.2 Å². The van der Waals surface area contributed by atoms with E-state index in [4.69, 9.17) is 9.51 Å². The summed E-state index contributed by atoms with van der Waals surface area (Å²) in [5.41, 5.74) is 9.88. The fourth-order valence-electron chi connectivity index (χ4n) is 9.13. The SMILES string of the molecule is Cc1cc(-c2ncnc3[nH]c(-c4ccc(N5CCN(CC6CCN(c7ccc(N8CCC(=O)NC8=O)c(C)c7)CC6)CC5)cc4)nc23)ccc1C(C)NC(=O)c1noc(C(C)(C)C)n1. The summed E-state index contributed by atoms with van der Waals surface area (Å²) in [6, 6.07) is 20.3. The number of aromatic amines is 1. The second kappa shape index (κ2) is 17.5. The maximum absolute atomic E-state index is 13.0. The van der Waals surface area contributed by atoms with E-state index in [2.05, 4.69) is 92.9 Å². The largest absolute Gasteiger partial charge is 0.372 e. The van der Waals surface area contributed by atoms with Crippen LogP contribution in [0.5, 0.6) is 0 Å². The van der Waals surface area contributed by atoms with E-state index in [1.165, 1.54) is 11.4 Å². The quantitative estimate of drug-likeness (QED) is 0.129. The highest BCUT2D eigenvalue weighted by Gasteiger charge is 2.29. The molecule has 6 aromatic rings. The third-order valence-corrected chi connectivity index (χ3v) is 12.8. The number of imide groups is 1. The van der Waals surface area contributed by atoms with E-state index in [0.717, 1.165) is 104 Å². The molecule has 3 aromatic heterocycles. The van der Waals surface area contributed by atoms with E-state index in [-0.39, 0.29) is 29.2 Å². The van der Waals surface area contributed by atoms with Gasteiger partial charge in [0.25, 0.3) is 11.7 Å². The number of piperazine rings is 1. The zero-order chi connectivity index (χ0) is 44.7. The Kier molecular flexibility index (Phi) is 11.6. The van der Waals surface area contributed by atoms with Crippen LogP contribution in [0, 0.1) is 19.8 Å². The lowest BCUT2D eigenvalue weighted by Crippen LogP contribution is -2.49. The molecule has 0 aliphatic carbocycles. The van der Waals surface area contributed by atoms with Crippen LogP contribution in [0.2, 0.25) is 0 Å². The number of benzene rings is 3. The molecule has 3 saturated heterocycles. The number of carbonyl (C=O) groups excluding carboxylic acids is 3. The van der Waals surface area contributed by atoms with Crippen LogP contribution in [-0.2, 0) is 10.2 Å². The van der Waals surface area contributed by atoms with Gasteiger partial charge < -0.3 is 24.6 Å². The highest BCUT2D eigenvalue weighted by atomic mass is 16.5. The average Bonchev–Trinajstić information content (AvgIpc) is 3.97. The van der Waals surface area contributed by atoms with Crippen LogP contribution in [0.15, 0.2) is 71.5 Å². The molecule has 3 aromatic carbocycles. The van der Waals surface area contributed by atoms with Crippen molar-refractivity contribution in [1.29, 1.82) is 0 Å². The van der Waals surface area contributed by atoms with Gasteiger partial charge in [0.1, 0.15) is 23.4 Å². The van der Waals surface area contributed by atoms with E-state index in [1.54, 1.807) is 11.2 Å². The topological polar surface area (TPSA) is 182 Å².